The van der Waals surface area contributed by atoms with Gasteiger partial charge in [0.25, 0.3) is 5.91 Å². The Morgan fingerprint density at radius 1 is 1.24 bits per heavy atom. The number of allylic oxidation sites excluding steroid dienone is 1. The van der Waals surface area contributed by atoms with Crippen molar-refractivity contribution in [3.8, 4) is 5.69 Å². The molecule has 0 bridgehead atoms. The summed E-state index contributed by atoms with van der Waals surface area (Å²) in [6.45, 7) is 9.38. The number of aryl methyl sites for hydroxylation is 1. The molecular formula is C23H23FN2O3. The molecule has 0 unspecified atom stereocenters. The summed E-state index contributed by atoms with van der Waals surface area (Å²) in [6.07, 6.45) is 3.27. The maximum absolute atomic E-state index is 14.3. The van der Waals surface area contributed by atoms with Gasteiger partial charge in [0, 0.05) is 23.6 Å². The molecule has 6 heteroatoms. The topological polar surface area (TPSA) is 51.5 Å². The van der Waals surface area contributed by atoms with Crippen LogP contribution >= 0.6 is 0 Å². The number of esters is 1. The lowest BCUT2D eigenvalue weighted by Gasteiger charge is -2.14. The monoisotopic (exact) mass is 394 g/mol. The van der Waals surface area contributed by atoms with Crippen LogP contribution in [0.5, 0.6) is 0 Å². The van der Waals surface area contributed by atoms with Crippen molar-refractivity contribution in [2.75, 3.05) is 13.7 Å². The number of hydrogen-bond acceptors (Lipinski definition) is 3. The van der Waals surface area contributed by atoms with Crippen LogP contribution in [0.2, 0.25) is 0 Å². The van der Waals surface area contributed by atoms with Crippen LogP contribution in [-0.2, 0) is 14.3 Å². The van der Waals surface area contributed by atoms with Gasteiger partial charge in [0.1, 0.15) is 5.82 Å². The van der Waals surface area contributed by atoms with E-state index in [2.05, 4.69) is 6.58 Å². The zero-order valence-electron chi connectivity index (χ0n) is 17.0. The second-order valence-electron chi connectivity index (χ2n) is 6.83. The van der Waals surface area contributed by atoms with Gasteiger partial charge in [-0.1, -0.05) is 18.2 Å². The first-order valence-corrected chi connectivity index (χ1v) is 9.19. The van der Waals surface area contributed by atoms with Crippen molar-refractivity contribution in [2.24, 2.45) is 0 Å². The third kappa shape index (κ3) is 3.42. The van der Waals surface area contributed by atoms with Gasteiger partial charge in [0.05, 0.1) is 23.9 Å². The number of carbonyl (C=O) groups excluding carboxylic acids is 2. The van der Waals surface area contributed by atoms with E-state index in [1.165, 1.54) is 18.1 Å². The summed E-state index contributed by atoms with van der Waals surface area (Å²) in [6, 6.07) is 8.37. The fraction of sp³-hybridized carbons (Fsp3) is 0.217. The number of benzene rings is 1. The van der Waals surface area contributed by atoms with E-state index in [0.717, 1.165) is 17.0 Å². The number of amides is 1. The van der Waals surface area contributed by atoms with Crippen molar-refractivity contribution in [1.82, 2.24) is 9.47 Å². The molecule has 2 heterocycles. The highest BCUT2D eigenvalue weighted by Gasteiger charge is 2.36. The number of methoxy groups -OCH3 is 1. The fourth-order valence-electron chi connectivity index (χ4n) is 3.67. The van der Waals surface area contributed by atoms with Gasteiger partial charge < -0.3 is 14.2 Å². The van der Waals surface area contributed by atoms with Crippen LogP contribution in [-0.4, -0.2) is 35.0 Å². The Labute approximate surface area is 169 Å². The lowest BCUT2D eigenvalue weighted by atomic mass is 10.0. The van der Waals surface area contributed by atoms with Crippen LogP contribution in [0.15, 0.2) is 59.8 Å². The molecule has 0 saturated carbocycles. The van der Waals surface area contributed by atoms with E-state index in [9.17, 15) is 14.0 Å². The molecule has 0 radical (unpaired) electrons. The summed E-state index contributed by atoms with van der Waals surface area (Å²) >= 11 is 0. The average molecular weight is 394 g/mol. The molecule has 3 rings (SSSR count). The summed E-state index contributed by atoms with van der Waals surface area (Å²) in [5.41, 5.74) is 3.74. The standard InChI is InChI=1S/C23H23FN2O3/c1-6-11-25-16(4)21(23(28)29-5)18(22(25)27)13-17-12-14(2)26(15(17)3)20-10-8-7-9-19(20)24/h6-10,12-13H,1,11H2,2-5H3. The molecule has 0 N–H and O–H groups in total. The second kappa shape index (κ2) is 7.91. The number of nitrogens with zero attached hydrogens (tertiary/aromatic N) is 2. The van der Waals surface area contributed by atoms with E-state index < -0.39 is 5.97 Å². The van der Waals surface area contributed by atoms with Gasteiger partial charge in [-0.05, 0) is 50.6 Å². The summed E-state index contributed by atoms with van der Waals surface area (Å²) in [5.74, 6) is -1.20. The minimum Gasteiger partial charge on any atom is -0.465 e. The molecular weight excluding hydrogens is 371 g/mol. The van der Waals surface area contributed by atoms with Gasteiger partial charge in [-0.25, -0.2) is 9.18 Å². The van der Waals surface area contributed by atoms with Gasteiger partial charge >= 0.3 is 5.97 Å². The van der Waals surface area contributed by atoms with E-state index in [4.69, 9.17) is 4.74 Å². The smallest absolute Gasteiger partial charge is 0.340 e. The van der Waals surface area contributed by atoms with Gasteiger partial charge in [0.2, 0.25) is 0 Å². The number of aromatic nitrogens is 1. The number of carbonyl (C=O) groups is 2. The van der Waals surface area contributed by atoms with Gasteiger partial charge in [0.15, 0.2) is 0 Å². The first kappa shape index (κ1) is 20.3. The molecule has 150 valence electrons. The number of hydrogen-bond donors (Lipinski definition) is 0. The van der Waals surface area contributed by atoms with E-state index >= 15 is 0 Å². The number of rotatable bonds is 5. The molecule has 29 heavy (non-hydrogen) atoms. The summed E-state index contributed by atoms with van der Waals surface area (Å²) in [4.78, 5) is 26.8. The zero-order valence-corrected chi connectivity index (χ0v) is 17.0. The molecule has 0 saturated heterocycles. The van der Waals surface area contributed by atoms with Crippen LogP contribution in [0.25, 0.3) is 11.8 Å². The minimum atomic E-state index is -0.573. The molecule has 0 atom stereocenters. The van der Waals surface area contributed by atoms with Gasteiger partial charge in [-0.15, -0.1) is 6.58 Å². The van der Waals surface area contributed by atoms with E-state index in [0.29, 0.717) is 11.4 Å². The van der Waals surface area contributed by atoms with Gasteiger partial charge in [-0.2, -0.15) is 0 Å². The highest BCUT2D eigenvalue weighted by molar-refractivity contribution is 6.16. The minimum absolute atomic E-state index is 0.232. The lowest BCUT2D eigenvalue weighted by molar-refractivity contribution is -0.136. The van der Waals surface area contributed by atoms with Crippen LogP contribution in [0.3, 0.4) is 0 Å². The second-order valence-corrected chi connectivity index (χ2v) is 6.83. The Balaban J connectivity index is 2.16. The maximum atomic E-state index is 14.3. The molecule has 0 aliphatic carbocycles. The molecule has 1 aromatic heterocycles. The fourth-order valence-corrected chi connectivity index (χ4v) is 3.67. The van der Waals surface area contributed by atoms with Crippen molar-refractivity contribution < 1.29 is 18.7 Å². The number of para-hydroxylation sites is 1. The Morgan fingerprint density at radius 2 is 1.93 bits per heavy atom. The number of ether oxygens (including phenoxy) is 1. The first-order valence-electron chi connectivity index (χ1n) is 9.19. The normalized spacial score (nSPS) is 15.4. The Morgan fingerprint density at radius 3 is 2.55 bits per heavy atom. The maximum Gasteiger partial charge on any atom is 0.340 e. The highest BCUT2D eigenvalue weighted by atomic mass is 19.1. The zero-order chi connectivity index (χ0) is 21.3. The number of halogens is 1. The predicted molar refractivity (Wildman–Crippen MR) is 110 cm³/mol. The van der Waals surface area contributed by atoms with Crippen LogP contribution in [0.1, 0.15) is 23.9 Å². The predicted octanol–water partition coefficient (Wildman–Crippen LogP) is 4.09. The molecule has 1 aliphatic heterocycles. The van der Waals surface area contributed by atoms with Crippen molar-refractivity contribution >= 4 is 18.0 Å². The Kier molecular flexibility index (Phi) is 5.55. The van der Waals surface area contributed by atoms with E-state index in [-0.39, 0.29) is 29.4 Å². The lowest BCUT2D eigenvalue weighted by Crippen LogP contribution is -2.25. The van der Waals surface area contributed by atoms with Crippen LogP contribution < -0.4 is 0 Å². The molecule has 5 nitrogen and oxygen atoms in total. The molecule has 0 fully saturated rings. The summed E-state index contributed by atoms with van der Waals surface area (Å²) in [7, 11) is 1.28. The molecule has 1 aliphatic rings. The van der Waals surface area contributed by atoms with Crippen molar-refractivity contribution in [3.63, 3.8) is 0 Å². The Hall–Kier alpha value is -3.41. The Bertz CT molecular complexity index is 1080. The van der Waals surface area contributed by atoms with E-state index in [1.807, 2.05) is 19.9 Å². The van der Waals surface area contributed by atoms with Crippen molar-refractivity contribution in [1.29, 1.82) is 0 Å². The largest absolute Gasteiger partial charge is 0.465 e. The van der Waals surface area contributed by atoms with E-state index in [1.54, 1.807) is 41.8 Å². The van der Waals surface area contributed by atoms with Crippen LogP contribution in [0, 0.1) is 19.7 Å². The third-order valence-electron chi connectivity index (χ3n) is 5.08. The molecule has 2 aromatic rings. The van der Waals surface area contributed by atoms with Gasteiger partial charge in [-0.3, -0.25) is 4.79 Å². The van der Waals surface area contributed by atoms with Crippen LogP contribution in [0.4, 0.5) is 4.39 Å². The average Bonchev–Trinajstić information content (AvgIpc) is 3.10. The summed E-state index contributed by atoms with van der Waals surface area (Å²) < 4.78 is 21.0. The molecule has 1 amide bonds. The molecule has 1 aromatic carbocycles. The molecule has 0 spiro atoms. The quantitative estimate of drug-likeness (QED) is 0.436. The summed E-state index contributed by atoms with van der Waals surface area (Å²) in [5, 5.41) is 0. The van der Waals surface area contributed by atoms with Crippen molar-refractivity contribution in [2.45, 2.75) is 20.8 Å². The third-order valence-corrected chi connectivity index (χ3v) is 5.08. The highest BCUT2D eigenvalue weighted by Crippen LogP contribution is 2.33. The SMILES string of the molecule is C=CCN1C(=O)C(=Cc2cc(C)n(-c3ccccc3F)c2C)C(C(=O)OC)=C1C. The van der Waals surface area contributed by atoms with Crippen molar-refractivity contribution in [3.05, 3.63) is 82.6 Å². The first-order chi connectivity index (χ1) is 13.8.